The molecule has 2 aliphatic rings. The zero-order chi connectivity index (χ0) is 10.8. The van der Waals surface area contributed by atoms with Crippen molar-refractivity contribution in [2.45, 2.75) is 25.2 Å². The van der Waals surface area contributed by atoms with E-state index in [0.29, 0.717) is 0 Å². The summed E-state index contributed by atoms with van der Waals surface area (Å²) < 4.78 is 0. The third-order valence-electron chi connectivity index (χ3n) is 3.42. The van der Waals surface area contributed by atoms with Gasteiger partial charge in [0.15, 0.2) is 0 Å². The zero-order valence-corrected chi connectivity index (χ0v) is 9.65. The molecule has 0 aromatic carbocycles. The molecule has 3 nitrogen and oxygen atoms in total. The van der Waals surface area contributed by atoms with Gasteiger partial charge in [-0.15, -0.1) is 0 Å². The molecule has 1 N–H and O–H groups in total. The molecule has 1 saturated carbocycles. The summed E-state index contributed by atoms with van der Waals surface area (Å²) in [6.07, 6.45) is 3.88. The molecule has 3 heteroatoms. The smallest absolute Gasteiger partial charge is 0.128 e. The lowest BCUT2D eigenvalue weighted by Gasteiger charge is -2.21. The lowest BCUT2D eigenvalue weighted by molar-refractivity contribution is 0.724. The summed E-state index contributed by atoms with van der Waals surface area (Å²) in [6.45, 7) is 4.43. The molecule has 1 aromatic rings. The van der Waals surface area contributed by atoms with Gasteiger partial charge in [-0.2, -0.15) is 0 Å². The number of nitrogens with one attached hydrogen (secondary N) is 1. The first-order chi connectivity index (χ1) is 7.93. The number of rotatable bonds is 2. The van der Waals surface area contributed by atoms with Crippen molar-refractivity contribution in [1.29, 1.82) is 0 Å². The highest BCUT2D eigenvalue weighted by molar-refractivity contribution is 5.40. The van der Waals surface area contributed by atoms with Gasteiger partial charge in [0.05, 0.1) is 0 Å². The Labute approximate surface area is 96.9 Å². The highest BCUT2D eigenvalue weighted by Crippen LogP contribution is 2.39. The first kappa shape index (κ1) is 10.1. The maximum absolute atomic E-state index is 4.80. The van der Waals surface area contributed by atoms with Gasteiger partial charge in [-0.05, 0) is 37.9 Å². The summed E-state index contributed by atoms with van der Waals surface area (Å²) in [7, 11) is 0. The van der Waals surface area contributed by atoms with Crippen molar-refractivity contribution in [3.05, 3.63) is 23.9 Å². The number of aromatic nitrogens is 1. The van der Waals surface area contributed by atoms with Crippen LogP contribution in [0, 0.1) is 0 Å². The lowest BCUT2D eigenvalue weighted by Crippen LogP contribution is -2.28. The van der Waals surface area contributed by atoms with Crippen LogP contribution in [-0.4, -0.2) is 31.2 Å². The van der Waals surface area contributed by atoms with Crippen molar-refractivity contribution in [1.82, 2.24) is 10.3 Å². The molecule has 0 unspecified atom stereocenters. The molecule has 0 radical (unpaired) electrons. The van der Waals surface area contributed by atoms with Crippen LogP contribution in [-0.2, 0) is 0 Å². The Morgan fingerprint density at radius 3 is 3.00 bits per heavy atom. The van der Waals surface area contributed by atoms with Crippen LogP contribution in [0.15, 0.2) is 18.2 Å². The number of pyridine rings is 1. The molecular weight excluding hydrogens is 198 g/mol. The lowest BCUT2D eigenvalue weighted by atomic mass is 10.2. The average Bonchev–Trinajstić information content (AvgIpc) is 3.17. The van der Waals surface area contributed by atoms with E-state index in [2.05, 4.69) is 28.4 Å². The molecular formula is C13H19N3. The van der Waals surface area contributed by atoms with Gasteiger partial charge >= 0.3 is 0 Å². The minimum absolute atomic E-state index is 0.755. The summed E-state index contributed by atoms with van der Waals surface area (Å²) in [4.78, 5) is 7.21. The number of hydrogen-bond donors (Lipinski definition) is 1. The maximum atomic E-state index is 4.80. The van der Waals surface area contributed by atoms with Crippen LogP contribution in [0.25, 0.3) is 0 Å². The van der Waals surface area contributed by atoms with Gasteiger partial charge in [0.1, 0.15) is 5.82 Å². The van der Waals surface area contributed by atoms with E-state index in [9.17, 15) is 0 Å². The van der Waals surface area contributed by atoms with Gasteiger partial charge < -0.3 is 10.2 Å². The van der Waals surface area contributed by atoms with E-state index < -0.39 is 0 Å². The Kier molecular flexibility index (Phi) is 2.79. The SMILES string of the molecule is c1cc(C2CC2)nc(N2CCCNCC2)c1. The molecule has 0 amide bonds. The van der Waals surface area contributed by atoms with E-state index in [1.165, 1.54) is 30.8 Å². The van der Waals surface area contributed by atoms with Gasteiger partial charge in [0.2, 0.25) is 0 Å². The van der Waals surface area contributed by atoms with Crippen molar-refractivity contribution in [3.8, 4) is 0 Å². The first-order valence-corrected chi connectivity index (χ1v) is 6.36. The highest BCUT2D eigenvalue weighted by atomic mass is 15.2. The number of anilines is 1. The predicted molar refractivity (Wildman–Crippen MR) is 65.9 cm³/mol. The molecule has 1 aliphatic carbocycles. The van der Waals surface area contributed by atoms with Gasteiger partial charge in [-0.25, -0.2) is 4.98 Å². The fraction of sp³-hybridized carbons (Fsp3) is 0.615. The summed E-state index contributed by atoms with van der Waals surface area (Å²) in [5, 5.41) is 3.43. The minimum atomic E-state index is 0.755. The summed E-state index contributed by atoms with van der Waals surface area (Å²) >= 11 is 0. The second-order valence-electron chi connectivity index (χ2n) is 4.79. The molecule has 1 saturated heterocycles. The van der Waals surface area contributed by atoms with Crippen LogP contribution in [0.1, 0.15) is 30.9 Å². The van der Waals surface area contributed by atoms with Crippen LogP contribution in [0.3, 0.4) is 0 Å². The maximum Gasteiger partial charge on any atom is 0.128 e. The van der Waals surface area contributed by atoms with E-state index in [1.54, 1.807) is 0 Å². The molecule has 0 spiro atoms. The normalized spacial score (nSPS) is 21.9. The Balaban J connectivity index is 1.78. The highest BCUT2D eigenvalue weighted by Gasteiger charge is 2.25. The second kappa shape index (κ2) is 4.42. The molecule has 2 fully saturated rings. The van der Waals surface area contributed by atoms with E-state index in [-0.39, 0.29) is 0 Å². The largest absolute Gasteiger partial charge is 0.355 e. The predicted octanol–water partition coefficient (Wildman–Crippen LogP) is 1.76. The molecule has 1 aromatic heterocycles. The van der Waals surface area contributed by atoms with Crippen molar-refractivity contribution in [2.75, 3.05) is 31.1 Å². The minimum Gasteiger partial charge on any atom is -0.355 e. The van der Waals surface area contributed by atoms with Crippen molar-refractivity contribution in [2.24, 2.45) is 0 Å². The first-order valence-electron chi connectivity index (χ1n) is 6.36. The standard InChI is InChI=1S/C13H19N3/c1-3-12(11-5-6-11)15-13(4-1)16-9-2-7-14-8-10-16/h1,3-4,11,14H,2,5-10H2. The van der Waals surface area contributed by atoms with Crippen molar-refractivity contribution >= 4 is 5.82 Å². The topological polar surface area (TPSA) is 28.2 Å². The quantitative estimate of drug-likeness (QED) is 0.818. The number of nitrogens with zero attached hydrogens (tertiary/aromatic N) is 2. The van der Waals surface area contributed by atoms with Crippen molar-refractivity contribution < 1.29 is 0 Å². The number of hydrogen-bond acceptors (Lipinski definition) is 3. The van der Waals surface area contributed by atoms with E-state index in [4.69, 9.17) is 4.98 Å². The second-order valence-corrected chi connectivity index (χ2v) is 4.79. The van der Waals surface area contributed by atoms with Gasteiger partial charge in [0, 0.05) is 31.2 Å². The summed E-state index contributed by atoms with van der Waals surface area (Å²) in [5.74, 6) is 1.93. The van der Waals surface area contributed by atoms with Gasteiger partial charge in [-0.3, -0.25) is 0 Å². The van der Waals surface area contributed by atoms with Crippen molar-refractivity contribution in [3.63, 3.8) is 0 Å². The molecule has 0 atom stereocenters. The molecule has 86 valence electrons. The third-order valence-corrected chi connectivity index (χ3v) is 3.42. The van der Waals surface area contributed by atoms with Crippen LogP contribution in [0.2, 0.25) is 0 Å². The third kappa shape index (κ3) is 2.19. The Hall–Kier alpha value is -1.09. The summed E-state index contributed by atoms with van der Waals surface area (Å²) in [5.41, 5.74) is 1.30. The van der Waals surface area contributed by atoms with Crippen LogP contribution >= 0.6 is 0 Å². The Bertz CT molecular complexity index is 352. The molecule has 2 heterocycles. The Morgan fingerprint density at radius 1 is 1.19 bits per heavy atom. The molecule has 3 rings (SSSR count). The van der Waals surface area contributed by atoms with Crippen LogP contribution in [0.5, 0.6) is 0 Å². The average molecular weight is 217 g/mol. The zero-order valence-electron chi connectivity index (χ0n) is 9.65. The Morgan fingerprint density at radius 2 is 2.12 bits per heavy atom. The van der Waals surface area contributed by atoms with Crippen LogP contribution < -0.4 is 10.2 Å². The van der Waals surface area contributed by atoms with Gasteiger partial charge in [-0.1, -0.05) is 6.07 Å². The fourth-order valence-electron chi connectivity index (χ4n) is 2.30. The van der Waals surface area contributed by atoms with E-state index >= 15 is 0 Å². The summed E-state index contributed by atoms with van der Waals surface area (Å²) in [6, 6.07) is 6.49. The molecule has 1 aliphatic heterocycles. The van der Waals surface area contributed by atoms with E-state index in [0.717, 1.165) is 32.1 Å². The van der Waals surface area contributed by atoms with Crippen LogP contribution in [0.4, 0.5) is 5.82 Å². The fourth-order valence-corrected chi connectivity index (χ4v) is 2.30. The van der Waals surface area contributed by atoms with E-state index in [1.807, 2.05) is 0 Å². The molecule has 0 bridgehead atoms. The monoisotopic (exact) mass is 217 g/mol. The van der Waals surface area contributed by atoms with Gasteiger partial charge in [0.25, 0.3) is 0 Å². The molecule has 16 heavy (non-hydrogen) atoms.